The number of ether oxygens (including phenoxy) is 1. The van der Waals surface area contributed by atoms with Crippen molar-refractivity contribution >= 4 is 29.3 Å². The molecule has 0 spiro atoms. The van der Waals surface area contributed by atoms with Crippen molar-refractivity contribution in [2.24, 2.45) is 56.2 Å². The third-order valence-corrected chi connectivity index (χ3v) is 16.3. The Morgan fingerprint density at radius 2 is 1.62 bits per heavy atom. The van der Waals surface area contributed by atoms with Crippen molar-refractivity contribution in [1.82, 2.24) is 5.32 Å². The first kappa shape index (κ1) is 39.5. The molecular weight excluding hydrogens is 674 g/mol. The maximum atomic E-state index is 14.0. The molecule has 5 aliphatic carbocycles. The number of halogens is 1. The van der Waals surface area contributed by atoms with Crippen molar-refractivity contribution in [1.29, 1.82) is 0 Å². The van der Waals surface area contributed by atoms with Crippen LogP contribution in [0.25, 0.3) is 0 Å². The summed E-state index contributed by atoms with van der Waals surface area (Å²) >= 11 is 6.10. The number of aliphatic carboxylic acids is 1. The van der Waals surface area contributed by atoms with Gasteiger partial charge >= 0.3 is 11.9 Å². The monoisotopic (exact) mass is 737 g/mol. The van der Waals surface area contributed by atoms with Crippen molar-refractivity contribution < 1.29 is 29.3 Å². The molecule has 9 unspecified atom stereocenters. The van der Waals surface area contributed by atoms with E-state index in [0.29, 0.717) is 36.4 Å². The number of Topliss-reactive ketones (excluding diaryl/α,β-unsaturated/α-hetero) is 1. The minimum atomic E-state index is -1.17. The van der Waals surface area contributed by atoms with Crippen LogP contribution >= 0.6 is 11.6 Å². The van der Waals surface area contributed by atoms with E-state index in [1.165, 1.54) is 5.57 Å². The Morgan fingerprint density at radius 3 is 2.25 bits per heavy atom. The smallest absolute Gasteiger partial charge is 0.309 e. The van der Waals surface area contributed by atoms with Gasteiger partial charge in [-0.15, -0.1) is 0 Å². The molecule has 3 N–H and O–H groups in total. The summed E-state index contributed by atoms with van der Waals surface area (Å²) in [5.74, 6) is 0.0352. The highest BCUT2D eigenvalue weighted by molar-refractivity contribution is 6.30. The SMILES string of the molecule is CC(C)C1=C2C3CCC4C5(C)CCC(OC(=O)CC(C)(C)C(=O)O)C(C)(C)C5CCC4(C)C3(C)CCC2(C(O)CNCc2ccc(Cl)cc2)CC1=O. The van der Waals surface area contributed by atoms with Gasteiger partial charge in [0.2, 0.25) is 0 Å². The molecule has 0 saturated heterocycles. The minimum Gasteiger partial charge on any atom is -0.481 e. The fourth-order valence-electron chi connectivity index (χ4n) is 13.1. The van der Waals surface area contributed by atoms with Gasteiger partial charge in [0.25, 0.3) is 0 Å². The Morgan fingerprint density at radius 1 is 0.942 bits per heavy atom. The lowest BCUT2D eigenvalue weighted by atomic mass is 9.33. The van der Waals surface area contributed by atoms with Gasteiger partial charge in [0.1, 0.15) is 6.10 Å². The number of nitrogens with one attached hydrogen (secondary N) is 1. The number of carbonyl (C=O) groups excluding carboxylic acids is 2. The van der Waals surface area contributed by atoms with E-state index in [9.17, 15) is 24.6 Å². The maximum Gasteiger partial charge on any atom is 0.309 e. The topological polar surface area (TPSA) is 113 Å². The molecule has 52 heavy (non-hydrogen) atoms. The number of carboxylic acids is 1. The summed E-state index contributed by atoms with van der Waals surface area (Å²) in [6.45, 7) is 20.7. The van der Waals surface area contributed by atoms with Crippen molar-refractivity contribution in [2.75, 3.05) is 6.54 Å². The molecule has 4 saturated carbocycles. The lowest BCUT2D eigenvalue weighted by molar-refractivity contribution is -0.235. The maximum absolute atomic E-state index is 14.0. The van der Waals surface area contributed by atoms with Gasteiger partial charge in [0, 0.05) is 35.4 Å². The van der Waals surface area contributed by atoms with Gasteiger partial charge in [-0.3, -0.25) is 14.4 Å². The molecule has 9 atom stereocenters. The number of aliphatic hydroxyl groups excluding tert-OH is 1. The molecule has 1 aromatic rings. The summed E-state index contributed by atoms with van der Waals surface area (Å²) in [5.41, 5.74) is 1.55. The summed E-state index contributed by atoms with van der Waals surface area (Å²) in [4.78, 5) is 38.8. The first-order valence-electron chi connectivity index (χ1n) is 20.0. The lowest BCUT2D eigenvalue weighted by Gasteiger charge is -2.72. The standard InChI is InChI=1S/C44H64ClNO6/c1-26(2)36-30(47)22-44(33(48)25-46-24-27-10-12-28(45)13-11-27)21-20-42(8)29(37(36)44)14-15-32-41(7)18-17-34(52-35(49)23-39(3,4)38(50)51)40(5,6)31(41)16-19-43(32,42)9/h10-13,26,29,31-34,46,48H,14-25H2,1-9H3,(H,50,51). The predicted molar refractivity (Wildman–Crippen MR) is 205 cm³/mol. The number of allylic oxidation sites excluding steroid dienone is 1. The third kappa shape index (κ3) is 6.11. The number of hydrogen-bond acceptors (Lipinski definition) is 6. The van der Waals surface area contributed by atoms with Crippen LogP contribution in [-0.2, 0) is 25.7 Å². The zero-order valence-corrected chi connectivity index (χ0v) is 33.9. The van der Waals surface area contributed by atoms with Crippen LogP contribution in [0.1, 0.15) is 132 Å². The van der Waals surface area contributed by atoms with Crippen LogP contribution in [0.4, 0.5) is 0 Å². The number of aliphatic hydroxyl groups is 1. The second-order valence-corrected chi connectivity index (χ2v) is 20.3. The lowest BCUT2D eigenvalue weighted by Crippen LogP contribution is -2.66. The van der Waals surface area contributed by atoms with Gasteiger partial charge in [-0.25, -0.2) is 0 Å². The summed E-state index contributed by atoms with van der Waals surface area (Å²) < 4.78 is 6.16. The predicted octanol–water partition coefficient (Wildman–Crippen LogP) is 9.18. The molecular formula is C44H64ClNO6. The number of hydrogen-bond donors (Lipinski definition) is 3. The highest BCUT2D eigenvalue weighted by atomic mass is 35.5. The molecule has 288 valence electrons. The number of ketones is 1. The normalized spacial score (nSPS) is 37.5. The van der Waals surface area contributed by atoms with E-state index in [2.05, 4.69) is 53.8 Å². The molecule has 0 amide bonds. The number of carboxylic acid groups (broad SMARTS) is 1. The van der Waals surface area contributed by atoms with Crippen LogP contribution in [0.3, 0.4) is 0 Å². The summed E-state index contributed by atoms with van der Waals surface area (Å²) in [6.07, 6.45) is 7.17. The van der Waals surface area contributed by atoms with E-state index in [1.807, 2.05) is 24.3 Å². The zero-order chi connectivity index (χ0) is 38.2. The van der Waals surface area contributed by atoms with E-state index >= 15 is 0 Å². The van der Waals surface area contributed by atoms with Gasteiger partial charge in [-0.05, 0) is 128 Å². The number of benzene rings is 1. The van der Waals surface area contributed by atoms with Crippen LogP contribution in [0.2, 0.25) is 5.02 Å². The van der Waals surface area contributed by atoms with Crippen molar-refractivity contribution in [3.05, 3.63) is 46.0 Å². The minimum absolute atomic E-state index is 0.0141. The van der Waals surface area contributed by atoms with Crippen LogP contribution in [-0.4, -0.2) is 46.7 Å². The number of esters is 1. The van der Waals surface area contributed by atoms with Crippen molar-refractivity contribution in [3.63, 3.8) is 0 Å². The molecule has 8 heteroatoms. The molecule has 4 fully saturated rings. The molecule has 0 aliphatic heterocycles. The number of carbonyl (C=O) groups is 3. The highest BCUT2D eigenvalue weighted by Gasteiger charge is 2.70. The van der Waals surface area contributed by atoms with E-state index in [-0.39, 0.29) is 51.8 Å². The van der Waals surface area contributed by atoms with Crippen LogP contribution in [0.15, 0.2) is 35.4 Å². The Labute approximate surface area is 317 Å². The fourth-order valence-corrected chi connectivity index (χ4v) is 13.2. The number of fused-ring (bicyclic) bond motifs is 7. The van der Waals surface area contributed by atoms with Gasteiger partial charge < -0.3 is 20.3 Å². The molecule has 0 bridgehead atoms. The molecule has 6 rings (SSSR count). The molecule has 7 nitrogen and oxygen atoms in total. The Bertz CT molecular complexity index is 1610. The molecule has 0 heterocycles. The molecule has 5 aliphatic rings. The first-order valence-corrected chi connectivity index (χ1v) is 20.4. The van der Waals surface area contributed by atoms with Crippen LogP contribution < -0.4 is 5.32 Å². The zero-order valence-electron chi connectivity index (χ0n) is 33.2. The van der Waals surface area contributed by atoms with E-state index < -0.39 is 28.9 Å². The number of rotatable bonds is 10. The fraction of sp³-hybridized carbons (Fsp3) is 0.750. The van der Waals surface area contributed by atoms with Crippen LogP contribution in [0.5, 0.6) is 0 Å². The van der Waals surface area contributed by atoms with Gasteiger partial charge in [0.05, 0.1) is 17.9 Å². The highest BCUT2D eigenvalue weighted by Crippen LogP contribution is 2.77. The average molecular weight is 738 g/mol. The van der Waals surface area contributed by atoms with E-state index in [0.717, 1.165) is 62.5 Å². The quantitative estimate of drug-likeness (QED) is 0.205. The summed E-state index contributed by atoms with van der Waals surface area (Å²) in [7, 11) is 0. The second-order valence-electron chi connectivity index (χ2n) is 19.8. The Hall–Kier alpha value is -2.22. The average Bonchev–Trinajstić information content (AvgIpc) is 3.36. The largest absolute Gasteiger partial charge is 0.481 e. The molecule has 0 aromatic heterocycles. The second kappa shape index (κ2) is 13.5. The van der Waals surface area contributed by atoms with Crippen molar-refractivity contribution in [3.8, 4) is 0 Å². The van der Waals surface area contributed by atoms with Crippen LogP contribution in [0, 0.1) is 56.2 Å². The Balaban J connectivity index is 1.26. The third-order valence-electron chi connectivity index (χ3n) is 16.1. The molecule has 0 radical (unpaired) electrons. The van der Waals surface area contributed by atoms with Gasteiger partial charge in [-0.2, -0.15) is 0 Å². The van der Waals surface area contributed by atoms with Gasteiger partial charge in [0.15, 0.2) is 5.78 Å². The van der Waals surface area contributed by atoms with Crippen molar-refractivity contribution in [2.45, 2.75) is 145 Å². The summed E-state index contributed by atoms with van der Waals surface area (Å²) in [5, 5.41) is 26.0. The Kier molecular flexibility index (Phi) is 10.3. The molecule has 1 aromatic carbocycles. The van der Waals surface area contributed by atoms with E-state index in [1.54, 1.807) is 13.8 Å². The summed E-state index contributed by atoms with van der Waals surface area (Å²) in [6, 6.07) is 7.79. The van der Waals surface area contributed by atoms with E-state index in [4.69, 9.17) is 16.3 Å². The first-order chi connectivity index (χ1) is 24.1. The van der Waals surface area contributed by atoms with Gasteiger partial charge in [-0.1, -0.05) is 77.8 Å².